The second-order valence-corrected chi connectivity index (χ2v) is 19.3. The van der Waals surface area contributed by atoms with Crippen LogP contribution in [0.15, 0.2) is 73.1 Å². The Morgan fingerprint density at radius 2 is 1.12 bits per heavy atom. The van der Waals surface area contributed by atoms with Crippen LogP contribution in [-0.4, -0.2) is 110 Å². The summed E-state index contributed by atoms with van der Waals surface area (Å²) in [5.41, 5.74) is 2.22. The Morgan fingerprint density at radius 1 is 0.640 bits per heavy atom. The van der Waals surface area contributed by atoms with Crippen LogP contribution in [0, 0.1) is 37.5 Å². The number of hydrogen-bond acceptors (Lipinski definition) is 18. The number of hydrogen-bond donors (Lipinski definition) is 7. The molecule has 1 aliphatic carbocycles. The van der Waals surface area contributed by atoms with Crippen LogP contribution in [0.2, 0.25) is 0 Å². The summed E-state index contributed by atoms with van der Waals surface area (Å²) in [7, 11) is 0. The molecule has 7 N–H and O–H groups in total. The van der Waals surface area contributed by atoms with Crippen molar-refractivity contribution >= 4 is 90.3 Å². The normalized spacial score (nSPS) is 14.0. The van der Waals surface area contributed by atoms with Gasteiger partial charge in [-0.05, 0) is 108 Å². The average Bonchev–Trinajstić information content (AvgIpc) is 4.23. The minimum atomic E-state index is -1.07. The highest BCUT2D eigenvalue weighted by atomic mass is 32.1. The molecule has 0 spiro atoms. The van der Waals surface area contributed by atoms with Crippen molar-refractivity contribution in [2.24, 2.45) is 0 Å². The zero-order valence-electron chi connectivity index (χ0n) is 41.2. The Labute approximate surface area is 437 Å². The van der Waals surface area contributed by atoms with Crippen LogP contribution in [0.5, 0.6) is 23.0 Å². The van der Waals surface area contributed by atoms with Crippen molar-refractivity contribution in [2.45, 2.75) is 84.7 Å². The molecule has 0 unspecified atom stereocenters. The third-order valence-corrected chi connectivity index (χ3v) is 13.0. The molecular formula is C51H51N15O7S2. The number of nitrogens with one attached hydrogen (secondary N) is 6. The molecule has 1 saturated heterocycles. The van der Waals surface area contributed by atoms with E-state index in [1.54, 1.807) is 78.8 Å². The first-order valence-corrected chi connectivity index (χ1v) is 25.4. The Hall–Kier alpha value is -9.00. The molecule has 24 heteroatoms. The van der Waals surface area contributed by atoms with Crippen molar-refractivity contribution < 1.29 is 33.8 Å². The van der Waals surface area contributed by atoms with E-state index in [1.807, 2.05) is 25.8 Å². The molecule has 384 valence electrons. The molecule has 10 rings (SSSR count). The van der Waals surface area contributed by atoms with Gasteiger partial charge in [0, 0.05) is 66.7 Å². The number of aryl methyl sites for hydroxylation is 2. The van der Waals surface area contributed by atoms with E-state index < -0.39 is 5.97 Å². The Bertz CT molecular complexity index is 3420. The number of amides is 3. The number of rotatable bonds is 12. The van der Waals surface area contributed by atoms with Gasteiger partial charge in [-0.25, -0.2) is 14.8 Å². The minimum absolute atomic E-state index is 0.0190. The predicted octanol–water partition coefficient (Wildman–Crippen LogP) is 8.59. The molecule has 2 fully saturated rings. The largest absolute Gasteiger partial charge is 0.472 e. The van der Waals surface area contributed by atoms with Crippen LogP contribution in [0.1, 0.15) is 89.5 Å². The molecule has 2 aromatic carbocycles. The first-order valence-electron chi connectivity index (χ1n) is 23.8. The summed E-state index contributed by atoms with van der Waals surface area (Å²) in [6.07, 6.45) is 11.1. The lowest BCUT2D eigenvalue weighted by Gasteiger charge is -2.32. The van der Waals surface area contributed by atoms with Crippen molar-refractivity contribution in [1.29, 1.82) is 0 Å². The van der Waals surface area contributed by atoms with Gasteiger partial charge < -0.3 is 30.1 Å². The highest BCUT2D eigenvalue weighted by molar-refractivity contribution is 7.15. The lowest BCUT2D eigenvalue weighted by atomic mass is 9.95. The number of nitrogens with zero attached hydrogens (tertiary/aromatic N) is 9. The van der Waals surface area contributed by atoms with Crippen molar-refractivity contribution in [3.05, 3.63) is 94.2 Å². The van der Waals surface area contributed by atoms with Gasteiger partial charge in [-0.1, -0.05) is 53.8 Å². The van der Waals surface area contributed by atoms with E-state index in [-0.39, 0.29) is 23.8 Å². The number of pyridine rings is 2. The zero-order chi connectivity index (χ0) is 52.7. The summed E-state index contributed by atoms with van der Waals surface area (Å²) >= 11 is 2.64. The van der Waals surface area contributed by atoms with Gasteiger partial charge in [-0.2, -0.15) is 10.2 Å². The molecular weight excluding hydrogens is 999 g/mol. The molecule has 1 aliphatic heterocycles. The molecule has 0 bridgehead atoms. The lowest BCUT2D eigenvalue weighted by molar-refractivity contribution is -0.130. The second kappa shape index (κ2) is 25.1. The molecule has 1 atom stereocenters. The molecule has 7 heterocycles. The number of carboxylic acid groups (broad SMARTS) is 1. The number of benzene rings is 2. The first kappa shape index (κ1) is 52.3. The van der Waals surface area contributed by atoms with Crippen LogP contribution >= 0.6 is 22.7 Å². The van der Waals surface area contributed by atoms with Gasteiger partial charge in [0.15, 0.2) is 22.9 Å². The average molecular weight is 1050 g/mol. The zero-order valence-corrected chi connectivity index (χ0v) is 42.8. The smallest absolute Gasteiger partial charge is 0.381 e. The number of ether oxygens (including phenoxy) is 2. The Morgan fingerprint density at radius 3 is 1.56 bits per heavy atom. The minimum Gasteiger partial charge on any atom is -0.472 e. The van der Waals surface area contributed by atoms with Crippen molar-refractivity contribution in [1.82, 2.24) is 55.7 Å². The lowest BCUT2D eigenvalue weighted by Crippen LogP contribution is -2.44. The van der Waals surface area contributed by atoms with Crippen molar-refractivity contribution in [2.75, 3.05) is 34.4 Å². The summed E-state index contributed by atoms with van der Waals surface area (Å²) in [6, 6.07) is 17.8. The number of carbonyl (C=O) groups excluding carboxylic acids is 3. The van der Waals surface area contributed by atoms with Crippen LogP contribution in [-0.2, 0) is 9.59 Å². The predicted molar refractivity (Wildman–Crippen MR) is 284 cm³/mol. The molecule has 1 saturated carbocycles. The van der Waals surface area contributed by atoms with E-state index in [4.69, 9.17) is 14.6 Å². The third-order valence-electron chi connectivity index (χ3n) is 11.5. The molecule has 75 heavy (non-hydrogen) atoms. The number of aliphatic carboxylic acids is 1. The molecule has 22 nitrogen and oxygen atoms in total. The monoisotopic (exact) mass is 1050 g/mol. The number of likely N-dealkylation sites (tertiary alicyclic amines) is 1. The van der Waals surface area contributed by atoms with Gasteiger partial charge >= 0.3 is 5.97 Å². The van der Waals surface area contributed by atoms with E-state index in [2.05, 4.69) is 89.8 Å². The number of carboxylic acids is 1. The topological polar surface area (TPSA) is 293 Å². The summed E-state index contributed by atoms with van der Waals surface area (Å²) in [6.45, 7) is 8.03. The van der Waals surface area contributed by atoms with Crippen LogP contribution in [0.4, 0.5) is 21.9 Å². The van der Waals surface area contributed by atoms with E-state index in [0.717, 1.165) is 46.9 Å². The molecule has 2 aliphatic rings. The number of piperidine rings is 1. The van der Waals surface area contributed by atoms with Gasteiger partial charge in [0.05, 0.1) is 0 Å². The van der Waals surface area contributed by atoms with Gasteiger partial charge in [-0.15, -0.1) is 20.4 Å². The van der Waals surface area contributed by atoms with Gasteiger partial charge in [0.25, 0.3) is 17.7 Å². The van der Waals surface area contributed by atoms with Gasteiger partial charge in [-0.3, -0.25) is 35.2 Å². The van der Waals surface area contributed by atoms with E-state index in [1.165, 1.54) is 48.9 Å². The number of H-pyrrole nitrogens is 2. The number of aromatic amines is 2. The van der Waals surface area contributed by atoms with E-state index >= 15 is 0 Å². The number of anilines is 4. The molecule has 8 aromatic rings. The summed E-state index contributed by atoms with van der Waals surface area (Å²) < 4.78 is 12.3. The SMILES string of the molecule is CC#CC(=O)N1CCC[C@@H](Nc2n[nH]c3nccc(Oc4ccc(C(=O)Nc5nnc(C)s5)cc4)c23)C1.CC#CC(=O)O.Cc1nnc(NC(=O)c2ccc(Oc3ccnc4[nH]nc(NC5CCCCC5)c34)cc2)s1. The van der Waals surface area contributed by atoms with Crippen molar-refractivity contribution in [3.63, 3.8) is 0 Å². The standard InChI is InChI=1S/C25H24N8O3S.C22H23N7O2S.C4H4O2/c1-3-5-20(34)33-13-4-6-17(14-33)27-23-21-19(11-12-26-22(21)30-31-23)36-18-9-7-16(8-10-18)24(35)28-25-32-29-15(2)37-25;1-13-26-29-22(32-13)25-21(30)14-7-9-16(10-8-14)31-17-11-12-23-19-18(17)20(28-27-19)24-15-5-3-2-4-6-15;1-2-3-4(5)6/h7-12,17H,4,6,13-14H2,1-2H3,(H,28,32,35)(H2,26,27,30,31);7-12,15H,2-6H2,1H3,(H,25,29,30)(H2,23,24,27,28);1H3,(H,5,6)/t17-;;/m1../s1. The number of fused-ring (bicyclic) bond motifs is 2. The maximum atomic E-state index is 12.5. The summed E-state index contributed by atoms with van der Waals surface area (Å²) in [5, 5.41) is 54.6. The van der Waals surface area contributed by atoms with Gasteiger partial charge in [0.1, 0.15) is 43.8 Å². The Balaban J connectivity index is 0.000000181. The van der Waals surface area contributed by atoms with Crippen molar-refractivity contribution in [3.8, 4) is 46.7 Å². The quantitative estimate of drug-likeness (QED) is 0.0564. The van der Waals surface area contributed by atoms with E-state index in [0.29, 0.717) is 86.0 Å². The fourth-order valence-electron chi connectivity index (χ4n) is 8.07. The maximum Gasteiger partial charge on any atom is 0.381 e. The first-order chi connectivity index (χ1) is 36.4. The highest BCUT2D eigenvalue weighted by Gasteiger charge is 2.25. The fourth-order valence-corrected chi connectivity index (χ4v) is 9.24. The maximum absolute atomic E-state index is 12.5. The van der Waals surface area contributed by atoms with Gasteiger partial charge in [0.2, 0.25) is 10.3 Å². The fraction of sp³-hybridized carbons (Fsp3) is 0.294. The molecule has 3 amide bonds. The van der Waals surface area contributed by atoms with Crippen LogP contribution in [0.25, 0.3) is 22.1 Å². The number of carbonyl (C=O) groups is 4. The van der Waals surface area contributed by atoms with E-state index in [9.17, 15) is 19.2 Å². The molecule has 0 radical (unpaired) electrons. The highest BCUT2D eigenvalue weighted by Crippen LogP contribution is 2.36. The summed E-state index contributed by atoms with van der Waals surface area (Å²) in [5.74, 6) is 11.4. The second-order valence-electron chi connectivity index (χ2n) is 16.9. The number of aromatic nitrogens is 10. The summed E-state index contributed by atoms with van der Waals surface area (Å²) in [4.78, 5) is 57.1. The van der Waals surface area contributed by atoms with Crippen LogP contribution < -0.4 is 30.7 Å². The third kappa shape index (κ3) is 14.2. The van der Waals surface area contributed by atoms with Crippen LogP contribution in [0.3, 0.4) is 0 Å². The molecule has 6 aromatic heterocycles. The Kier molecular flexibility index (Phi) is 17.5.